The van der Waals surface area contributed by atoms with Crippen molar-refractivity contribution in [2.45, 2.75) is 0 Å². The van der Waals surface area contributed by atoms with E-state index in [1.165, 1.54) is 10.6 Å². The standard InChI is InChI=1S/C20H23ClN4O4S/c1-30(28,29)25-12-10-24(11-13-25)19(26)14-22-17-4-2-3-5-18(17)23-20(27)15-6-8-16(21)9-7-15/h2-9,22H,10-14H2,1H3,(H,23,27). The molecule has 1 aliphatic rings. The third kappa shape index (κ3) is 5.71. The number of piperazine rings is 1. The Labute approximate surface area is 180 Å². The topological polar surface area (TPSA) is 98.8 Å². The molecule has 0 unspecified atom stereocenters. The average molecular weight is 451 g/mol. The zero-order chi connectivity index (χ0) is 21.7. The lowest BCUT2D eigenvalue weighted by Crippen LogP contribution is -2.51. The van der Waals surface area contributed by atoms with Gasteiger partial charge in [-0.25, -0.2) is 8.42 Å². The second kappa shape index (κ2) is 9.46. The van der Waals surface area contributed by atoms with E-state index >= 15 is 0 Å². The van der Waals surface area contributed by atoms with E-state index in [1.54, 1.807) is 53.4 Å². The number of hydrogen-bond donors (Lipinski definition) is 2. The fraction of sp³-hybridized carbons (Fsp3) is 0.300. The van der Waals surface area contributed by atoms with E-state index in [2.05, 4.69) is 10.6 Å². The van der Waals surface area contributed by atoms with Crippen LogP contribution in [-0.4, -0.2) is 68.4 Å². The van der Waals surface area contributed by atoms with Crippen molar-refractivity contribution in [3.05, 3.63) is 59.1 Å². The van der Waals surface area contributed by atoms with Crippen LogP contribution in [0.25, 0.3) is 0 Å². The van der Waals surface area contributed by atoms with E-state index in [4.69, 9.17) is 11.6 Å². The van der Waals surface area contributed by atoms with Crippen LogP contribution in [-0.2, 0) is 14.8 Å². The summed E-state index contributed by atoms with van der Waals surface area (Å²) in [5.74, 6) is -0.425. The first-order chi connectivity index (χ1) is 14.2. The summed E-state index contributed by atoms with van der Waals surface area (Å²) in [4.78, 5) is 26.6. The molecule has 0 saturated carbocycles. The minimum Gasteiger partial charge on any atom is -0.374 e. The van der Waals surface area contributed by atoms with Gasteiger partial charge in [0, 0.05) is 36.8 Å². The first kappa shape index (κ1) is 22.1. The monoisotopic (exact) mass is 450 g/mol. The summed E-state index contributed by atoms with van der Waals surface area (Å²) in [5, 5.41) is 6.43. The smallest absolute Gasteiger partial charge is 0.255 e. The van der Waals surface area contributed by atoms with Gasteiger partial charge in [0.15, 0.2) is 0 Å². The van der Waals surface area contributed by atoms with Crippen molar-refractivity contribution in [1.82, 2.24) is 9.21 Å². The van der Waals surface area contributed by atoms with Crippen LogP contribution in [0.1, 0.15) is 10.4 Å². The predicted octanol–water partition coefficient (Wildman–Crippen LogP) is 2.11. The number of rotatable bonds is 6. The van der Waals surface area contributed by atoms with Crippen molar-refractivity contribution >= 4 is 44.8 Å². The number of nitrogens with zero attached hydrogens (tertiary/aromatic N) is 2. The molecule has 0 spiro atoms. The molecule has 0 aliphatic carbocycles. The van der Waals surface area contributed by atoms with Crippen LogP contribution in [0.3, 0.4) is 0 Å². The molecule has 0 aromatic heterocycles. The maximum absolute atomic E-state index is 12.5. The minimum atomic E-state index is -3.24. The third-order valence-electron chi connectivity index (χ3n) is 4.77. The Balaban J connectivity index is 1.58. The van der Waals surface area contributed by atoms with Gasteiger partial charge in [-0.1, -0.05) is 23.7 Å². The molecular weight excluding hydrogens is 428 g/mol. The highest BCUT2D eigenvalue weighted by atomic mass is 35.5. The van der Waals surface area contributed by atoms with Crippen LogP contribution in [0.15, 0.2) is 48.5 Å². The van der Waals surface area contributed by atoms with Crippen LogP contribution < -0.4 is 10.6 Å². The minimum absolute atomic E-state index is 0.0344. The Hall–Kier alpha value is -2.62. The number of halogens is 1. The summed E-state index contributed by atoms with van der Waals surface area (Å²) in [6.45, 7) is 1.31. The molecule has 2 aromatic carbocycles. The summed E-state index contributed by atoms with van der Waals surface area (Å²) >= 11 is 5.86. The summed E-state index contributed by atoms with van der Waals surface area (Å²) < 4.78 is 24.5. The van der Waals surface area contributed by atoms with Gasteiger partial charge in [-0.05, 0) is 36.4 Å². The Morgan fingerprint density at radius 1 is 0.967 bits per heavy atom. The molecule has 2 N–H and O–H groups in total. The molecule has 0 atom stereocenters. The van der Waals surface area contributed by atoms with Crippen LogP contribution in [0.4, 0.5) is 11.4 Å². The summed E-state index contributed by atoms with van der Waals surface area (Å²) in [6.07, 6.45) is 1.17. The SMILES string of the molecule is CS(=O)(=O)N1CCN(C(=O)CNc2ccccc2NC(=O)c2ccc(Cl)cc2)CC1. The van der Waals surface area contributed by atoms with Gasteiger partial charge in [-0.3, -0.25) is 9.59 Å². The summed E-state index contributed by atoms with van der Waals surface area (Å²) in [7, 11) is -3.24. The number of benzene rings is 2. The number of carbonyl (C=O) groups excluding carboxylic acids is 2. The number of anilines is 2. The van der Waals surface area contributed by atoms with Gasteiger partial charge in [0.25, 0.3) is 5.91 Å². The molecule has 160 valence electrons. The largest absolute Gasteiger partial charge is 0.374 e. The lowest BCUT2D eigenvalue weighted by Gasteiger charge is -2.33. The zero-order valence-corrected chi connectivity index (χ0v) is 18.0. The molecule has 2 aromatic rings. The molecule has 1 saturated heterocycles. The highest BCUT2D eigenvalue weighted by Gasteiger charge is 2.25. The van der Waals surface area contributed by atoms with E-state index in [0.717, 1.165) is 0 Å². The maximum atomic E-state index is 12.5. The Morgan fingerprint density at radius 2 is 1.57 bits per heavy atom. The number of sulfonamides is 1. The number of hydrogen-bond acceptors (Lipinski definition) is 5. The van der Waals surface area contributed by atoms with Crippen LogP contribution in [0, 0.1) is 0 Å². The van der Waals surface area contributed by atoms with E-state index in [9.17, 15) is 18.0 Å². The zero-order valence-electron chi connectivity index (χ0n) is 16.5. The van der Waals surface area contributed by atoms with Crippen molar-refractivity contribution in [2.75, 3.05) is 49.6 Å². The van der Waals surface area contributed by atoms with Crippen LogP contribution in [0.2, 0.25) is 5.02 Å². The molecule has 30 heavy (non-hydrogen) atoms. The van der Waals surface area contributed by atoms with Crippen molar-refractivity contribution in [2.24, 2.45) is 0 Å². The molecule has 1 fully saturated rings. The van der Waals surface area contributed by atoms with Crippen molar-refractivity contribution in [3.63, 3.8) is 0 Å². The molecule has 8 nitrogen and oxygen atoms in total. The normalized spacial score (nSPS) is 14.9. The van der Waals surface area contributed by atoms with Gasteiger partial charge in [-0.15, -0.1) is 0 Å². The average Bonchev–Trinajstić information content (AvgIpc) is 2.73. The summed E-state index contributed by atoms with van der Waals surface area (Å²) in [6, 6.07) is 13.6. The van der Waals surface area contributed by atoms with E-state index in [0.29, 0.717) is 35.1 Å². The van der Waals surface area contributed by atoms with Crippen molar-refractivity contribution in [1.29, 1.82) is 0 Å². The fourth-order valence-corrected chi connectivity index (χ4v) is 4.05. The number of para-hydroxylation sites is 2. The van der Waals surface area contributed by atoms with Gasteiger partial charge >= 0.3 is 0 Å². The van der Waals surface area contributed by atoms with Crippen LogP contribution in [0.5, 0.6) is 0 Å². The molecule has 3 rings (SSSR count). The van der Waals surface area contributed by atoms with E-state index in [1.807, 2.05) is 0 Å². The molecule has 0 bridgehead atoms. The number of carbonyl (C=O) groups is 2. The Bertz CT molecular complexity index is 1020. The van der Waals surface area contributed by atoms with Crippen molar-refractivity contribution < 1.29 is 18.0 Å². The first-order valence-corrected chi connectivity index (χ1v) is 11.6. The van der Waals surface area contributed by atoms with Gasteiger partial charge in [-0.2, -0.15) is 4.31 Å². The van der Waals surface area contributed by atoms with Gasteiger partial charge in [0.2, 0.25) is 15.9 Å². The van der Waals surface area contributed by atoms with Gasteiger partial charge < -0.3 is 15.5 Å². The quantitative estimate of drug-likeness (QED) is 0.702. The van der Waals surface area contributed by atoms with Crippen molar-refractivity contribution in [3.8, 4) is 0 Å². The molecule has 1 heterocycles. The predicted molar refractivity (Wildman–Crippen MR) is 117 cm³/mol. The maximum Gasteiger partial charge on any atom is 0.255 e. The first-order valence-electron chi connectivity index (χ1n) is 9.37. The lowest BCUT2D eigenvalue weighted by molar-refractivity contribution is -0.130. The fourth-order valence-electron chi connectivity index (χ4n) is 3.09. The molecular formula is C20H23ClN4O4S. The number of nitrogens with one attached hydrogen (secondary N) is 2. The highest BCUT2D eigenvalue weighted by molar-refractivity contribution is 7.88. The van der Waals surface area contributed by atoms with E-state index < -0.39 is 10.0 Å². The van der Waals surface area contributed by atoms with Gasteiger partial charge in [0.05, 0.1) is 24.2 Å². The Morgan fingerprint density at radius 3 is 2.17 bits per heavy atom. The Kier molecular flexibility index (Phi) is 6.96. The van der Waals surface area contributed by atoms with Gasteiger partial charge in [0.1, 0.15) is 0 Å². The molecule has 10 heteroatoms. The second-order valence-corrected chi connectivity index (χ2v) is 9.32. The molecule has 2 amide bonds. The lowest BCUT2D eigenvalue weighted by atomic mass is 10.2. The molecule has 1 aliphatic heterocycles. The molecule has 0 radical (unpaired) electrons. The highest BCUT2D eigenvalue weighted by Crippen LogP contribution is 2.22. The van der Waals surface area contributed by atoms with Crippen LogP contribution >= 0.6 is 11.6 Å². The van der Waals surface area contributed by atoms with E-state index in [-0.39, 0.29) is 31.4 Å². The third-order valence-corrected chi connectivity index (χ3v) is 6.33. The number of amides is 2. The second-order valence-electron chi connectivity index (χ2n) is 6.90. The summed E-state index contributed by atoms with van der Waals surface area (Å²) in [5.41, 5.74) is 1.63.